The van der Waals surface area contributed by atoms with Crippen LogP contribution in [0.25, 0.3) is 0 Å². The Morgan fingerprint density at radius 1 is 0.957 bits per heavy atom. The Balaban J connectivity index is 1.28. The highest BCUT2D eigenvalue weighted by molar-refractivity contribution is 5.23. The van der Waals surface area contributed by atoms with Gasteiger partial charge in [-0.3, -0.25) is 0 Å². The normalized spacial score (nSPS) is 35.3. The van der Waals surface area contributed by atoms with Gasteiger partial charge in [-0.1, -0.05) is 50.3 Å². The molecule has 1 aromatic carbocycles. The second kappa shape index (κ2) is 6.07. The molecule has 2 fully saturated rings. The Bertz CT molecular complexity index is 567. The van der Waals surface area contributed by atoms with Gasteiger partial charge in [0.25, 0.3) is 0 Å². The molecule has 2 nitrogen and oxygen atoms in total. The van der Waals surface area contributed by atoms with Crippen molar-refractivity contribution in [1.82, 2.24) is 0 Å². The largest absolute Gasteiger partial charge is 0.322 e. The van der Waals surface area contributed by atoms with Gasteiger partial charge in [0.1, 0.15) is 32.7 Å². The first-order valence-corrected chi connectivity index (χ1v) is 9.53. The number of nitrogens with one attached hydrogen (secondary N) is 2. The van der Waals surface area contributed by atoms with Crippen LogP contribution >= 0.6 is 0 Å². The molecule has 5 rings (SSSR count). The van der Waals surface area contributed by atoms with E-state index >= 15 is 0 Å². The SMILES string of the molecule is CC1(C)[C@@H]2CC=C(C[NH+]3CC[NH+](Cc4ccccc4)CC3)[C@H]1C2. The van der Waals surface area contributed by atoms with Crippen molar-refractivity contribution in [3.8, 4) is 0 Å². The first-order valence-electron chi connectivity index (χ1n) is 9.53. The number of benzene rings is 1. The van der Waals surface area contributed by atoms with Crippen LogP contribution in [0.4, 0.5) is 0 Å². The topological polar surface area (TPSA) is 8.88 Å². The molecule has 1 aromatic rings. The molecular weight excluding hydrogens is 280 g/mol. The molecule has 1 saturated carbocycles. The van der Waals surface area contributed by atoms with Crippen LogP contribution in [0.2, 0.25) is 0 Å². The first kappa shape index (κ1) is 15.4. The van der Waals surface area contributed by atoms with E-state index in [-0.39, 0.29) is 0 Å². The number of allylic oxidation sites excluding steroid dienone is 1. The summed E-state index contributed by atoms with van der Waals surface area (Å²) in [6, 6.07) is 11.0. The smallest absolute Gasteiger partial charge is 0.127 e. The third kappa shape index (κ3) is 2.99. The van der Waals surface area contributed by atoms with Crippen LogP contribution in [0.15, 0.2) is 42.0 Å². The third-order valence-electron chi connectivity index (χ3n) is 7.00. The van der Waals surface area contributed by atoms with Gasteiger partial charge in [-0.05, 0) is 35.7 Å². The minimum atomic E-state index is 0.587. The molecule has 0 unspecified atom stereocenters. The predicted molar refractivity (Wildman–Crippen MR) is 94.5 cm³/mol. The molecule has 1 aliphatic heterocycles. The highest BCUT2D eigenvalue weighted by Crippen LogP contribution is 2.58. The Kier molecular flexibility index (Phi) is 4.07. The third-order valence-corrected chi connectivity index (χ3v) is 7.00. The van der Waals surface area contributed by atoms with Crippen molar-refractivity contribution in [2.24, 2.45) is 17.3 Å². The lowest BCUT2D eigenvalue weighted by Crippen LogP contribution is -3.27. The zero-order valence-electron chi connectivity index (χ0n) is 14.8. The first-order chi connectivity index (χ1) is 11.1. The molecule has 124 valence electrons. The van der Waals surface area contributed by atoms with Gasteiger partial charge < -0.3 is 9.80 Å². The molecule has 0 amide bonds. The van der Waals surface area contributed by atoms with E-state index in [1.54, 1.807) is 10.5 Å². The summed E-state index contributed by atoms with van der Waals surface area (Å²) in [6.07, 6.45) is 5.41. The van der Waals surface area contributed by atoms with Gasteiger partial charge >= 0.3 is 0 Å². The van der Waals surface area contributed by atoms with E-state index in [9.17, 15) is 0 Å². The van der Waals surface area contributed by atoms with Gasteiger partial charge in [-0.25, -0.2) is 0 Å². The van der Waals surface area contributed by atoms with E-state index in [0.717, 1.165) is 11.8 Å². The second-order valence-electron chi connectivity index (χ2n) is 8.66. The lowest BCUT2D eigenvalue weighted by atomic mass is 9.49. The van der Waals surface area contributed by atoms with Gasteiger partial charge in [-0.15, -0.1) is 0 Å². The molecular formula is C21H32N2+2. The van der Waals surface area contributed by atoms with Gasteiger partial charge in [0.05, 0.1) is 6.54 Å². The average molecular weight is 313 g/mol. The standard InChI is InChI=1S/C21H30N2/c1-21(2)19-9-8-18(20(21)14-19)16-23-12-10-22(11-13-23)15-17-6-4-3-5-7-17/h3-8,19-20H,9-16H2,1-2H3/p+2/t19-,20-/m1/s1. The van der Waals surface area contributed by atoms with Crippen molar-refractivity contribution in [1.29, 1.82) is 0 Å². The van der Waals surface area contributed by atoms with Gasteiger partial charge in [0, 0.05) is 5.56 Å². The number of quaternary nitrogens is 2. The van der Waals surface area contributed by atoms with Gasteiger partial charge in [-0.2, -0.15) is 0 Å². The maximum Gasteiger partial charge on any atom is 0.127 e. The summed E-state index contributed by atoms with van der Waals surface area (Å²) in [4.78, 5) is 3.59. The van der Waals surface area contributed by atoms with Crippen molar-refractivity contribution in [3.05, 3.63) is 47.5 Å². The summed E-state index contributed by atoms with van der Waals surface area (Å²) in [5, 5.41) is 0. The number of rotatable bonds is 4. The van der Waals surface area contributed by atoms with Crippen molar-refractivity contribution < 1.29 is 9.80 Å². The zero-order valence-corrected chi connectivity index (χ0v) is 14.8. The Morgan fingerprint density at radius 3 is 2.22 bits per heavy atom. The summed E-state index contributed by atoms with van der Waals surface area (Å²) in [6.45, 7) is 12.9. The molecule has 2 heteroatoms. The quantitative estimate of drug-likeness (QED) is 0.767. The fraction of sp³-hybridized carbons (Fsp3) is 0.619. The molecule has 0 radical (unpaired) electrons. The predicted octanol–water partition coefficient (Wildman–Crippen LogP) is 0.962. The van der Waals surface area contributed by atoms with Crippen LogP contribution in [0, 0.1) is 17.3 Å². The lowest BCUT2D eigenvalue weighted by molar-refractivity contribution is -1.02. The Hall–Kier alpha value is -1.12. The van der Waals surface area contributed by atoms with E-state index < -0.39 is 0 Å². The summed E-state index contributed by atoms with van der Waals surface area (Å²) in [5.74, 6) is 1.86. The molecule has 1 saturated heterocycles. The summed E-state index contributed by atoms with van der Waals surface area (Å²) < 4.78 is 0. The van der Waals surface area contributed by atoms with Crippen molar-refractivity contribution in [2.75, 3.05) is 32.7 Å². The van der Waals surface area contributed by atoms with E-state index in [1.807, 2.05) is 4.90 Å². The molecule has 1 heterocycles. The summed E-state index contributed by atoms with van der Waals surface area (Å²) in [5.41, 5.74) is 3.87. The lowest BCUT2D eigenvalue weighted by Gasteiger charge is -2.56. The molecule has 0 spiro atoms. The summed E-state index contributed by atoms with van der Waals surface area (Å²) >= 11 is 0. The number of hydrogen-bond donors (Lipinski definition) is 2. The van der Waals surface area contributed by atoms with E-state index in [0.29, 0.717) is 5.41 Å². The monoisotopic (exact) mass is 312 g/mol. The number of fused-ring (bicyclic) bond motifs is 1. The van der Waals surface area contributed by atoms with Gasteiger partial charge in [0.15, 0.2) is 0 Å². The zero-order chi connectivity index (χ0) is 15.9. The van der Waals surface area contributed by atoms with Crippen LogP contribution in [-0.4, -0.2) is 32.7 Å². The average Bonchev–Trinajstić information content (AvgIpc) is 2.57. The molecule has 0 aromatic heterocycles. The minimum absolute atomic E-state index is 0.587. The molecule has 2 N–H and O–H groups in total. The van der Waals surface area contributed by atoms with Crippen LogP contribution in [0.1, 0.15) is 32.3 Å². The molecule has 2 bridgehead atoms. The molecule has 23 heavy (non-hydrogen) atoms. The van der Waals surface area contributed by atoms with Crippen LogP contribution in [0.3, 0.4) is 0 Å². The van der Waals surface area contributed by atoms with Crippen molar-refractivity contribution in [2.45, 2.75) is 33.2 Å². The maximum absolute atomic E-state index is 2.60. The van der Waals surface area contributed by atoms with Crippen LogP contribution in [-0.2, 0) is 6.54 Å². The number of hydrogen-bond acceptors (Lipinski definition) is 0. The van der Waals surface area contributed by atoms with E-state index in [1.165, 1.54) is 57.7 Å². The fourth-order valence-electron chi connectivity index (χ4n) is 5.16. The highest BCUT2D eigenvalue weighted by atomic mass is 15.3. The van der Waals surface area contributed by atoms with Crippen molar-refractivity contribution >= 4 is 0 Å². The molecule has 3 aliphatic carbocycles. The highest BCUT2D eigenvalue weighted by Gasteiger charge is 2.51. The van der Waals surface area contributed by atoms with Crippen LogP contribution in [0.5, 0.6) is 0 Å². The van der Waals surface area contributed by atoms with Gasteiger partial charge in [0.2, 0.25) is 0 Å². The Morgan fingerprint density at radius 2 is 1.61 bits per heavy atom. The van der Waals surface area contributed by atoms with E-state index in [4.69, 9.17) is 0 Å². The molecule has 4 aliphatic rings. The second-order valence-corrected chi connectivity index (χ2v) is 8.66. The number of piperazine rings is 1. The molecule has 2 atom stereocenters. The summed E-state index contributed by atoms with van der Waals surface area (Å²) in [7, 11) is 0. The Labute approximate surface area is 141 Å². The van der Waals surface area contributed by atoms with Crippen LogP contribution < -0.4 is 9.80 Å². The maximum atomic E-state index is 2.60. The van der Waals surface area contributed by atoms with Crippen molar-refractivity contribution in [3.63, 3.8) is 0 Å². The fourth-order valence-corrected chi connectivity index (χ4v) is 5.16. The van der Waals surface area contributed by atoms with E-state index in [2.05, 4.69) is 50.3 Å². The minimum Gasteiger partial charge on any atom is -0.322 e.